The maximum absolute atomic E-state index is 12.3. The van der Waals surface area contributed by atoms with Crippen LogP contribution in [-0.4, -0.2) is 18.5 Å². The van der Waals surface area contributed by atoms with E-state index in [4.69, 9.17) is 11.2 Å². The molecule has 0 unspecified atom stereocenters. The molecular formula is C14H18O2. The Kier molecular flexibility index (Phi) is 3.16. The number of allylic oxidation sites excluding steroid dienone is 2. The van der Waals surface area contributed by atoms with E-state index >= 15 is 0 Å². The van der Waals surface area contributed by atoms with Gasteiger partial charge in [0.05, 0.1) is 5.92 Å². The van der Waals surface area contributed by atoms with E-state index in [2.05, 4.69) is 12.0 Å². The molecule has 0 spiro atoms. The summed E-state index contributed by atoms with van der Waals surface area (Å²) >= 11 is 0. The van der Waals surface area contributed by atoms with Crippen molar-refractivity contribution in [3.05, 3.63) is 11.6 Å². The van der Waals surface area contributed by atoms with Gasteiger partial charge < -0.3 is 4.74 Å². The topological polar surface area (TPSA) is 26.3 Å². The monoisotopic (exact) mass is 218 g/mol. The van der Waals surface area contributed by atoms with Gasteiger partial charge in [0.1, 0.15) is 5.60 Å². The van der Waals surface area contributed by atoms with Crippen molar-refractivity contribution in [1.29, 1.82) is 0 Å². The summed E-state index contributed by atoms with van der Waals surface area (Å²) in [6.45, 7) is 0. The van der Waals surface area contributed by atoms with Crippen LogP contribution in [0.25, 0.3) is 0 Å². The number of ketones is 1. The minimum Gasteiger partial charge on any atom is -0.365 e. The third-order valence-corrected chi connectivity index (χ3v) is 3.89. The number of Topliss-reactive ketones (excluding diaryl/α,β-unsaturated/α-hetero) is 1. The lowest BCUT2D eigenvalue weighted by Crippen LogP contribution is -2.39. The Hall–Kier alpha value is -1.07. The predicted octanol–water partition coefficient (Wildman–Crippen LogP) is 2.48. The van der Waals surface area contributed by atoms with Crippen molar-refractivity contribution < 1.29 is 9.53 Å². The Morgan fingerprint density at radius 2 is 2.44 bits per heavy atom. The molecule has 2 aliphatic carbocycles. The van der Waals surface area contributed by atoms with Crippen LogP contribution in [0.1, 0.15) is 38.5 Å². The smallest absolute Gasteiger partial charge is 0.165 e. The largest absolute Gasteiger partial charge is 0.365 e. The minimum absolute atomic E-state index is 0.119. The predicted molar refractivity (Wildman–Crippen MR) is 62.9 cm³/mol. The molecule has 0 N–H and O–H groups in total. The van der Waals surface area contributed by atoms with Crippen molar-refractivity contribution in [2.45, 2.75) is 44.1 Å². The Bertz CT molecular complexity index is 361. The second-order valence-electron chi connectivity index (χ2n) is 4.67. The van der Waals surface area contributed by atoms with Crippen LogP contribution in [0.2, 0.25) is 0 Å². The number of methoxy groups -OCH3 is 1. The molecule has 0 aromatic rings. The zero-order chi connectivity index (χ0) is 11.6. The summed E-state index contributed by atoms with van der Waals surface area (Å²) in [6, 6.07) is 0. The fourth-order valence-corrected chi connectivity index (χ4v) is 2.91. The minimum atomic E-state index is -0.638. The quantitative estimate of drug-likeness (QED) is 0.680. The zero-order valence-corrected chi connectivity index (χ0v) is 9.79. The van der Waals surface area contributed by atoms with Crippen molar-refractivity contribution in [2.75, 3.05) is 7.11 Å². The number of carbonyl (C=O) groups excluding carboxylic acids is 1. The maximum atomic E-state index is 12.3. The first-order valence-corrected chi connectivity index (χ1v) is 5.99. The molecule has 2 atom stereocenters. The van der Waals surface area contributed by atoms with Crippen LogP contribution in [0.4, 0.5) is 0 Å². The molecule has 1 fully saturated rings. The van der Waals surface area contributed by atoms with Crippen molar-refractivity contribution >= 4 is 5.78 Å². The first kappa shape index (κ1) is 11.4. The lowest BCUT2D eigenvalue weighted by atomic mass is 9.84. The highest BCUT2D eigenvalue weighted by atomic mass is 16.5. The van der Waals surface area contributed by atoms with E-state index in [1.165, 1.54) is 0 Å². The molecule has 1 saturated carbocycles. The van der Waals surface area contributed by atoms with Gasteiger partial charge >= 0.3 is 0 Å². The number of hydrogen-bond donors (Lipinski definition) is 0. The summed E-state index contributed by atoms with van der Waals surface area (Å²) in [4.78, 5) is 12.3. The lowest BCUT2D eigenvalue weighted by molar-refractivity contribution is -0.125. The van der Waals surface area contributed by atoms with E-state index in [0.29, 0.717) is 0 Å². The van der Waals surface area contributed by atoms with Gasteiger partial charge in [-0.3, -0.25) is 4.79 Å². The van der Waals surface area contributed by atoms with Crippen molar-refractivity contribution in [3.8, 4) is 12.3 Å². The molecule has 86 valence electrons. The molecule has 0 aliphatic heterocycles. The Labute approximate surface area is 97.1 Å². The third kappa shape index (κ3) is 1.70. The van der Waals surface area contributed by atoms with Gasteiger partial charge in [-0.2, -0.15) is 0 Å². The number of terminal acetylenes is 1. The van der Waals surface area contributed by atoms with Crippen LogP contribution in [0.3, 0.4) is 0 Å². The van der Waals surface area contributed by atoms with E-state index in [1.54, 1.807) is 7.11 Å². The Morgan fingerprint density at radius 1 is 1.62 bits per heavy atom. The van der Waals surface area contributed by atoms with Crippen LogP contribution in [0.5, 0.6) is 0 Å². The van der Waals surface area contributed by atoms with E-state index in [0.717, 1.165) is 44.1 Å². The van der Waals surface area contributed by atoms with Gasteiger partial charge in [0.25, 0.3) is 0 Å². The average molecular weight is 218 g/mol. The van der Waals surface area contributed by atoms with Crippen LogP contribution in [0, 0.1) is 18.3 Å². The second-order valence-corrected chi connectivity index (χ2v) is 4.67. The average Bonchev–Trinajstić information content (AvgIpc) is 2.97. The molecular weight excluding hydrogens is 200 g/mol. The highest BCUT2D eigenvalue weighted by Crippen LogP contribution is 2.40. The number of hydrogen-bond acceptors (Lipinski definition) is 2. The van der Waals surface area contributed by atoms with Crippen molar-refractivity contribution in [2.24, 2.45) is 5.92 Å². The van der Waals surface area contributed by atoms with Crippen LogP contribution in [-0.2, 0) is 9.53 Å². The summed E-state index contributed by atoms with van der Waals surface area (Å²) in [5.41, 5.74) is 0.337. The summed E-state index contributed by atoms with van der Waals surface area (Å²) < 4.78 is 5.46. The van der Waals surface area contributed by atoms with Gasteiger partial charge in [-0.05, 0) is 44.1 Å². The molecule has 0 saturated heterocycles. The molecule has 0 heterocycles. The highest BCUT2D eigenvalue weighted by Gasteiger charge is 2.46. The molecule has 2 heteroatoms. The van der Waals surface area contributed by atoms with Crippen molar-refractivity contribution in [3.63, 3.8) is 0 Å². The van der Waals surface area contributed by atoms with Crippen molar-refractivity contribution in [1.82, 2.24) is 0 Å². The molecule has 0 radical (unpaired) electrons. The SMILES string of the molecule is C#C[C@@]1(OC)CCC[C@@H]1C(=O)C1=CCCC1. The molecule has 2 nitrogen and oxygen atoms in total. The first-order chi connectivity index (χ1) is 7.73. The van der Waals surface area contributed by atoms with E-state index in [1.807, 2.05) is 0 Å². The molecule has 16 heavy (non-hydrogen) atoms. The number of ether oxygens (including phenoxy) is 1. The Balaban J connectivity index is 2.20. The highest BCUT2D eigenvalue weighted by molar-refractivity contribution is 5.98. The van der Waals surface area contributed by atoms with E-state index in [9.17, 15) is 4.79 Å². The van der Waals surface area contributed by atoms with E-state index < -0.39 is 5.60 Å². The van der Waals surface area contributed by atoms with Crippen LogP contribution >= 0.6 is 0 Å². The molecule has 0 aromatic heterocycles. The van der Waals surface area contributed by atoms with Gasteiger partial charge in [-0.25, -0.2) is 0 Å². The summed E-state index contributed by atoms with van der Waals surface area (Å²) in [6.07, 6.45) is 13.3. The zero-order valence-electron chi connectivity index (χ0n) is 9.79. The second kappa shape index (κ2) is 4.43. The summed E-state index contributed by atoms with van der Waals surface area (Å²) in [5.74, 6) is 2.82. The molecule has 0 bridgehead atoms. The summed E-state index contributed by atoms with van der Waals surface area (Å²) in [7, 11) is 1.62. The van der Waals surface area contributed by atoms with Gasteiger partial charge in [0.15, 0.2) is 5.78 Å². The number of carbonyl (C=O) groups is 1. The fourth-order valence-electron chi connectivity index (χ4n) is 2.91. The first-order valence-electron chi connectivity index (χ1n) is 5.99. The lowest BCUT2D eigenvalue weighted by Gasteiger charge is -2.28. The van der Waals surface area contributed by atoms with Crippen LogP contribution in [0.15, 0.2) is 11.6 Å². The molecule has 0 aromatic carbocycles. The van der Waals surface area contributed by atoms with Gasteiger partial charge in [0.2, 0.25) is 0 Å². The van der Waals surface area contributed by atoms with Gasteiger partial charge in [-0.15, -0.1) is 6.42 Å². The summed E-state index contributed by atoms with van der Waals surface area (Å²) in [5, 5.41) is 0. The van der Waals surface area contributed by atoms with Gasteiger partial charge in [0, 0.05) is 7.11 Å². The maximum Gasteiger partial charge on any atom is 0.165 e. The molecule has 2 rings (SSSR count). The van der Waals surface area contributed by atoms with E-state index in [-0.39, 0.29) is 11.7 Å². The Morgan fingerprint density at radius 3 is 3.00 bits per heavy atom. The molecule has 2 aliphatic rings. The standard InChI is InChI=1S/C14H18O2/c1-3-14(16-2)10-6-9-12(14)13(15)11-7-4-5-8-11/h1,7,12H,4-6,8-10H2,2H3/t12-,14-/m1/s1. The fraction of sp³-hybridized carbons (Fsp3) is 0.643. The van der Waals surface area contributed by atoms with Crippen LogP contribution < -0.4 is 0 Å². The van der Waals surface area contributed by atoms with Gasteiger partial charge in [-0.1, -0.05) is 12.0 Å². The normalized spacial score (nSPS) is 33.5. The molecule has 0 amide bonds. The number of rotatable bonds is 3. The third-order valence-electron chi connectivity index (χ3n) is 3.89.